The molecule has 31 heavy (non-hydrogen) atoms. The molecule has 3 rings (SSSR count). The lowest BCUT2D eigenvalue weighted by Gasteiger charge is -2.27. The first-order valence-corrected chi connectivity index (χ1v) is 11.4. The van der Waals surface area contributed by atoms with Gasteiger partial charge in [-0.25, -0.2) is 8.42 Å². The monoisotopic (exact) mass is 445 g/mol. The number of ether oxygens (including phenoxy) is 1. The zero-order valence-electron chi connectivity index (χ0n) is 18.3. The lowest BCUT2D eigenvalue weighted by atomic mass is 10.1. The van der Waals surface area contributed by atoms with E-state index in [0.717, 1.165) is 15.4 Å². The zero-order valence-corrected chi connectivity index (χ0v) is 19.1. The average molecular weight is 446 g/mol. The van der Waals surface area contributed by atoms with Crippen molar-refractivity contribution in [2.45, 2.75) is 45.1 Å². The molecular formula is C22H27N3O5S. The van der Waals surface area contributed by atoms with Gasteiger partial charge >= 0.3 is 0 Å². The van der Waals surface area contributed by atoms with Gasteiger partial charge in [-0.05, 0) is 62.1 Å². The number of fused-ring (bicyclic) bond motifs is 1. The molecule has 2 amide bonds. The van der Waals surface area contributed by atoms with Gasteiger partial charge in [-0.15, -0.1) is 0 Å². The summed E-state index contributed by atoms with van der Waals surface area (Å²) >= 11 is 0. The maximum absolute atomic E-state index is 13.1. The number of benzene rings is 2. The van der Waals surface area contributed by atoms with Gasteiger partial charge in [-0.3, -0.25) is 9.59 Å². The molecule has 8 nitrogen and oxygen atoms in total. The number of nitrogens with zero attached hydrogens (tertiary/aromatic N) is 1. The fraction of sp³-hybridized carbons (Fsp3) is 0.364. The molecule has 0 saturated carbocycles. The first kappa shape index (κ1) is 22.8. The first-order chi connectivity index (χ1) is 14.5. The van der Waals surface area contributed by atoms with Crippen LogP contribution in [-0.2, 0) is 19.6 Å². The third-order valence-corrected chi connectivity index (χ3v) is 7.26. The van der Waals surface area contributed by atoms with Crippen LogP contribution in [0.4, 0.5) is 11.4 Å². The molecule has 0 bridgehead atoms. The summed E-state index contributed by atoms with van der Waals surface area (Å²) < 4.78 is 33.0. The maximum atomic E-state index is 13.1. The molecule has 0 aliphatic carbocycles. The Morgan fingerprint density at radius 1 is 1.13 bits per heavy atom. The molecule has 1 aliphatic heterocycles. The summed E-state index contributed by atoms with van der Waals surface area (Å²) in [6, 6.07) is 8.47. The second-order valence-electron chi connectivity index (χ2n) is 7.73. The molecule has 0 aromatic heterocycles. The Kier molecular flexibility index (Phi) is 6.38. The van der Waals surface area contributed by atoms with E-state index in [1.54, 1.807) is 19.1 Å². The van der Waals surface area contributed by atoms with Crippen LogP contribution in [0.25, 0.3) is 0 Å². The minimum absolute atomic E-state index is 0.0266. The smallest absolute Gasteiger partial charge is 0.265 e. The molecule has 2 aromatic rings. The van der Waals surface area contributed by atoms with Gasteiger partial charge in [-0.2, -0.15) is 4.31 Å². The van der Waals surface area contributed by atoms with Crippen LogP contribution in [0.3, 0.4) is 0 Å². The van der Waals surface area contributed by atoms with E-state index in [4.69, 9.17) is 4.74 Å². The van der Waals surface area contributed by atoms with Crippen molar-refractivity contribution in [3.63, 3.8) is 0 Å². The molecule has 0 spiro atoms. The summed E-state index contributed by atoms with van der Waals surface area (Å²) in [5.41, 5.74) is 3.61. The van der Waals surface area contributed by atoms with E-state index in [1.807, 2.05) is 32.9 Å². The van der Waals surface area contributed by atoms with Gasteiger partial charge in [0.2, 0.25) is 15.9 Å². The van der Waals surface area contributed by atoms with Crippen LogP contribution in [-0.4, -0.2) is 44.2 Å². The van der Waals surface area contributed by atoms with Crippen molar-refractivity contribution in [3.8, 4) is 5.75 Å². The van der Waals surface area contributed by atoms with Crippen molar-refractivity contribution in [2.24, 2.45) is 0 Å². The summed E-state index contributed by atoms with van der Waals surface area (Å²) in [5.74, 6) is -0.409. The zero-order chi connectivity index (χ0) is 22.9. The molecule has 1 atom stereocenters. The number of rotatable bonds is 6. The van der Waals surface area contributed by atoms with E-state index >= 15 is 0 Å². The number of sulfonamides is 1. The molecular weight excluding hydrogens is 418 g/mol. The van der Waals surface area contributed by atoms with Crippen LogP contribution in [0.1, 0.15) is 30.0 Å². The van der Waals surface area contributed by atoms with Crippen LogP contribution < -0.4 is 15.4 Å². The molecule has 0 unspecified atom stereocenters. The quantitative estimate of drug-likeness (QED) is 0.711. The van der Waals surface area contributed by atoms with Gasteiger partial charge in [0, 0.05) is 18.8 Å². The molecule has 2 aromatic carbocycles. The van der Waals surface area contributed by atoms with Crippen molar-refractivity contribution in [1.29, 1.82) is 0 Å². The summed E-state index contributed by atoms with van der Waals surface area (Å²) in [6.07, 6.45) is -0.216. The van der Waals surface area contributed by atoms with E-state index in [0.29, 0.717) is 29.1 Å². The number of anilines is 2. The van der Waals surface area contributed by atoms with Gasteiger partial charge in [0.25, 0.3) is 5.91 Å². The van der Waals surface area contributed by atoms with Crippen LogP contribution in [0.5, 0.6) is 5.75 Å². The van der Waals surface area contributed by atoms with Crippen molar-refractivity contribution in [3.05, 3.63) is 47.0 Å². The Hall–Kier alpha value is -2.91. The highest BCUT2D eigenvalue weighted by Gasteiger charge is 2.31. The number of likely N-dealkylation sites (N-methyl/N-ethyl adjacent to an activating group) is 1. The molecule has 166 valence electrons. The van der Waals surface area contributed by atoms with Gasteiger partial charge in [0.05, 0.1) is 17.1 Å². The number of hydrogen-bond acceptors (Lipinski definition) is 5. The SMILES string of the molecule is CC[C@@H]1Oc2cc(S(=O)(=O)N(C)CC(=O)Nc3ccc(C)c(C)c3)c(C)cc2NC1=O. The Labute approximate surface area is 182 Å². The molecule has 1 aliphatic rings. The Balaban J connectivity index is 1.79. The van der Waals surface area contributed by atoms with Crippen LogP contribution in [0.15, 0.2) is 35.2 Å². The summed E-state index contributed by atoms with van der Waals surface area (Å²) in [7, 11) is -2.61. The van der Waals surface area contributed by atoms with E-state index in [9.17, 15) is 18.0 Å². The molecule has 9 heteroatoms. The molecule has 1 heterocycles. The predicted molar refractivity (Wildman–Crippen MR) is 119 cm³/mol. The highest BCUT2D eigenvalue weighted by atomic mass is 32.2. The number of nitrogens with one attached hydrogen (secondary N) is 2. The topological polar surface area (TPSA) is 105 Å². The summed E-state index contributed by atoms with van der Waals surface area (Å²) in [6.45, 7) is 7.01. The van der Waals surface area contributed by atoms with Crippen LogP contribution in [0, 0.1) is 20.8 Å². The largest absolute Gasteiger partial charge is 0.478 e. The van der Waals surface area contributed by atoms with Crippen molar-refractivity contribution >= 4 is 33.2 Å². The van der Waals surface area contributed by atoms with Crippen molar-refractivity contribution in [2.75, 3.05) is 24.2 Å². The predicted octanol–water partition coefficient (Wildman–Crippen LogP) is 2.98. The molecule has 2 N–H and O–H groups in total. The lowest BCUT2D eigenvalue weighted by molar-refractivity contribution is -0.123. The number of hydrogen-bond donors (Lipinski definition) is 2. The Morgan fingerprint density at radius 3 is 2.48 bits per heavy atom. The van der Waals surface area contributed by atoms with E-state index < -0.39 is 22.0 Å². The van der Waals surface area contributed by atoms with E-state index in [2.05, 4.69) is 10.6 Å². The molecule has 0 saturated heterocycles. The maximum Gasteiger partial charge on any atom is 0.265 e. The van der Waals surface area contributed by atoms with E-state index in [-0.39, 0.29) is 17.3 Å². The summed E-state index contributed by atoms with van der Waals surface area (Å²) in [5, 5.41) is 5.47. The number of carbonyl (C=O) groups excluding carboxylic acids is 2. The fourth-order valence-electron chi connectivity index (χ4n) is 3.31. The highest BCUT2D eigenvalue weighted by Crippen LogP contribution is 2.35. The van der Waals surface area contributed by atoms with Gasteiger partial charge in [-0.1, -0.05) is 13.0 Å². The highest BCUT2D eigenvalue weighted by molar-refractivity contribution is 7.89. The first-order valence-electron chi connectivity index (χ1n) is 9.98. The van der Waals surface area contributed by atoms with Crippen molar-refractivity contribution in [1.82, 2.24) is 4.31 Å². The molecule has 0 fully saturated rings. The second kappa shape index (κ2) is 8.68. The van der Waals surface area contributed by atoms with Gasteiger partial charge in [0.1, 0.15) is 5.75 Å². The van der Waals surface area contributed by atoms with Gasteiger partial charge in [0.15, 0.2) is 6.10 Å². The number of carbonyl (C=O) groups is 2. The second-order valence-corrected chi connectivity index (χ2v) is 9.74. The third-order valence-electron chi connectivity index (χ3n) is 5.31. The Morgan fingerprint density at radius 2 is 1.84 bits per heavy atom. The standard InChI is InChI=1S/C22H27N3O5S/c1-6-18-22(27)24-17-10-15(4)20(11-19(17)30-18)31(28,29)25(5)12-21(26)23-16-8-7-13(2)14(3)9-16/h7-11,18H,6,12H2,1-5H3,(H,23,26)(H,24,27)/t18-/m0/s1. The third kappa shape index (κ3) is 4.72. The minimum Gasteiger partial charge on any atom is -0.478 e. The Bertz CT molecular complexity index is 1140. The average Bonchev–Trinajstić information content (AvgIpc) is 2.69. The number of aryl methyl sites for hydroxylation is 3. The van der Waals surface area contributed by atoms with E-state index in [1.165, 1.54) is 13.1 Å². The van der Waals surface area contributed by atoms with Crippen LogP contribution in [0.2, 0.25) is 0 Å². The molecule has 0 radical (unpaired) electrons. The fourth-order valence-corrected chi connectivity index (χ4v) is 4.65. The van der Waals surface area contributed by atoms with Crippen molar-refractivity contribution < 1.29 is 22.7 Å². The summed E-state index contributed by atoms with van der Waals surface area (Å²) in [4.78, 5) is 24.5. The van der Waals surface area contributed by atoms with Crippen LogP contribution >= 0.6 is 0 Å². The number of amides is 2. The van der Waals surface area contributed by atoms with Gasteiger partial charge < -0.3 is 15.4 Å². The normalized spacial score (nSPS) is 15.8. The minimum atomic E-state index is -3.96. The lowest BCUT2D eigenvalue weighted by Crippen LogP contribution is -2.37.